The van der Waals surface area contributed by atoms with Gasteiger partial charge in [0.05, 0.1) is 17.5 Å². The van der Waals surface area contributed by atoms with Gasteiger partial charge >= 0.3 is 6.18 Å². The van der Waals surface area contributed by atoms with E-state index in [0.29, 0.717) is 15.9 Å². The quantitative estimate of drug-likeness (QED) is 0.300. The van der Waals surface area contributed by atoms with Gasteiger partial charge < -0.3 is 10.2 Å². The Balaban J connectivity index is 2.08. The summed E-state index contributed by atoms with van der Waals surface area (Å²) in [6, 6.07) is 18.6. The zero-order chi connectivity index (χ0) is 30.4. The van der Waals surface area contributed by atoms with Crippen LogP contribution in [0.5, 0.6) is 0 Å². The van der Waals surface area contributed by atoms with Gasteiger partial charge in [0, 0.05) is 23.5 Å². The van der Waals surface area contributed by atoms with Gasteiger partial charge in [0.15, 0.2) is 0 Å². The summed E-state index contributed by atoms with van der Waals surface area (Å²) in [5.74, 6) is -1.20. The number of sulfonamides is 1. The standard InChI is InChI=1S/C29H31BrF3N3O4S/c1-20(2)34-28(38)26(16-21-9-5-4-6-10-21)35(18-22-11-7-13-24(30)15-22)27(37)19-36(41(3,39)40)25-14-8-12-23(17-25)29(31,32)33/h4-15,17,20,26H,16,18-19H2,1-3H3,(H,34,38)/t26-/m1/s1. The maximum atomic E-state index is 14.0. The third kappa shape index (κ3) is 9.32. The van der Waals surface area contributed by atoms with E-state index >= 15 is 0 Å². The van der Waals surface area contributed by atoms with Crippen LogP contribution in [0.3, 0.4) is 0 Å². The zero-order valence-electron chi connectivity index (χ0n) is 22.7. The topological polar surface area (TPSA) is 86.8 Å². The van der Waals surface area contributed by atoms with Crippen LogP contribution >= 0.6 is 15.9 Å². The maximum absolute atomic E-state index is 14.0. The van der Waals surface area contributed by atoms with Gasteiger partial charge in [-0.25, -0.2) is 8.42 Å². The van der Waals surface area contributed by atoms with Crippen LogP contribution in [0.25, 0.3) is 0 Å². The highest BCUT2D eigenvalue weighted by Gasteiger charge is 2.35. The summed E-state index contributed by atoms with van der Waals surface area (Å²) in [5, 5.41) is 2.84. The molecular weight excluding hydrogens is 623 g/mol. The Morgan fingerprint density at radius 3 is 2.15 bits per heavy atom. The Kier molecular flexibility index (Phi) is 10.6. The molecule has 7 nitrogen and oxygen atoms in total. The predicted octanol–water partition coefficient (Wildman–Crippen LogP) is 5.40. The molecule has 1 atom stereocenters. The highest BCUT2D eigenvalue weighted by Crippen LogP contribution is 2.32. The van der Waals surface area contributed by atoms with Gasteiger partial charge in [-0.2, -0.15) is 13.2 Å². The number of nitrogens with zero attached hydrogens (tertiary/aromatic N) is 2. The second-order valence-corrected chi connectivity index (χ2v) is 12.7. The molecule has 0 aliphatic heterocycles. The summed E-state index contributed by atoms with van der Waals surface area (Å²) in [6.07, 6.45) is -3.78. The molecule has 3 aromatic rings. The minimum atomic E-state index is -4.72. The first-order valence-corrected chi connectivity index (χ1v) is 15.3. The van der Waals surface area contributed by atoms with E-state index in [1.54, 1.807) is 50.2 Å². The second-order valence-electron chi connectivity index (χ2n) is 9.84. The minimum Gasteiger partial charge on any atom is -0.352 e. The van der Waals surface area contributed by atoms with E-state index in [9.17, 15) is 31.2 Å². The number of nitrogens with one attached hydrogen (secondary N) is 1. The Labute approximate surface area is 246 Å². The summed E-state index contributed by atoms with van der Waals surface area (Å²) in [6.45, 7) is 2.68. The molecule has 2 amide bonds. The summed E-state index contributed by atoms with van der Waals surface area (Å²) < 4.78 is 67.1. The lowest BCUT2D eigenvalue weighted by atomic mass is 10.0. The molecule has 0 aliphatic rings. The lowest BCUT2D eigenvalue weighted by molar-refractivity contribution is -0.140. The van der Waals surface area contributed by atoms with Crippen LogP contribution in [0.15, 0.2) is 83.3 Å². The van der Waals surface area contributed by atoms with Gasteiger partial charge in [-0.1, -0.05) is 64.5 Å². The Bertz CT molecular complexity index is 1470. The van der Waals surface area contributed by atoms with Crippen molar-refractivity contribution in [2.24, 2.45) is 0 Å². The number of halogens is 4. The summed E-state index contributed by atoms with van der Waals surface area (Å²) in [7, 11) is -4.20. The molecule has 12 heteroatoms. The van der Waals surface area contributed by atoms with Gasteiger partial charge in [0.2, 0.25) is 21.8 Å². The van der Waals surface area contributed by atoms with Gasteiger partial charge in [0.25, 0.3) is 0 Å². The van der Waals surface area contributed by atoms with Crippen molar-refractivity contribution in [1.29, 1.82) is 0 Å². The molecule has 3 rings (SSSR count). The van der Waals surface area contributed by atoms with Crippen LogP contribution < -0.4 is 9.62 Å². The number of hydrogen-bond acceptors (Lipinski definition) is 4. The third-order valence-electron chi connectivity index (χ3n) is 6.08. The molecule has 0 fully saturated rings. The van der Waals surface area contributed by atoms with E-state index in [1.165, 1.54) is 11.0 Å². The first-order chi connectivity index (χ1) is 19.1. The number of alkyl halides is 3. The monoisotopic (exact) mass is 653 g/mol. The third-order valence-corrected chi connectivity index (χ3v) is 7.72. The molecule has 0 aromatic heterocycles. The number of carbonyl (C=O) groups excluding carboxylic acids is 2. The molecule has 0 saturated heterocycles. The van der Waals surface area contributed by atoms with Crippen molar-refractivity contribution in [3.8, 4) is 0 Å². The smallest absolute Gasteiger partial charge is 0.352 e. The first-order valence-electron chi connectivity index (χ1n) is 12.7. The fraction of sp³-hybridized carbons (Fsp3) is 0.310. The Morgan fingerprint density at radius 2 is 1.56 bits per heavy atom. The van der Waals surface area contributed by atoms with Crippen LogP contribution in [0.4, 0.5) is 18.9 Å². The van der Waals surface area contributed by atoms with Crippen molar-refractivity contribution in [2.45, 2.75) is 45.1 Å². The van der Waals surface area contributed by atoms with Gasteiger partial charge in [-0.15, -0.1) is 0 Å². The van der Waals surface area contributed by atoms with Gasteiger partial charge in [-0.3, -0.25) is 13.9 Å². The van der Waals surface area contributed by atoms with Crippen LogP contribution in [-0.2, 0) is 38.8 Å². The van der Waals surface area contributed by atoms with Crippen LogP contribution in [-0.4, -0.2) is 50.0 Å². The number of benzene rings is 3. The fourth-order valence-corrected chi connectivity index (χ4v) is 5.51. The van der Waals surface area contributed by atoms with Crippen LogP contribution in [0.2, 0.25) is 0 Å². The SMILES string of the molecule is CC(C)NC(=O)[C@@H](Cc1ccccc1)N(Cc1cccc(Br)c1)C(=O)CN(c1cccc(C(F)(F)F)c1)S(C)(=O)=O. The van der Waals surface area contributed by atoms with Gasteiger partial charge in [-0.05, 0) is 55.3 Å². The van der Waals surface area contributed by atoms with E-state index in [1.807, 2.05) is 18.2 Å². The molecular formula is C29H31BrF3N3O4S. The van der Waals surface area contributed by atoms with Crippen LogP contribution in [0.1, 0.15) is 30.5 Å². The molecule has 0 radical (unpaired) electrons. The predicted molar refractivity (Wildman–Crippen MR) is 156 cm³/mol. The fourth-order valence-electron chi connectivity index (χ4n) is 4.22. The van der Waals surface area contributed by atoms with E-state index in [2.05, 4.69) is 21.2 Å². The maximum Gasteiger partial charge on any atom is 0.416 e. The molecule has 1 N–H and O–H groups in total. The molecule has 0 bridgehead atoms. The van der Waals surface area contributed by atoms with Gasteiger partial charge in [0.1, 0.15) is 12.6 Å². The molecule has 220 valence electrons. The van der Waals surface area contributed by atoms with Crippen molar-refractivity contribution in [2.75, 3.05) is 17.1 Å². The number of carbonyl (C=O) groups is 2. The van der Waals surface area contributed by atoms with Crippen LogP contribution in [0, 0.1) is 0 Å². The summed E-state index contributed by atoms with van der Waals surface area (Å²) in [4.78, 5) is 28.7. The molecule has 0 aliphatic carbocycles. The summed E-state index contributed by atoms with van der Waals surface area (Å²) >= 11 is 3.40. The lowest BCUT2D eigenvalue weighted by Gasteiger charge is -2.34. The lowest BCUT2D eigenvalue weighted by Crippen LogP contribution is -2.54. The Morgan fingerprint density at radius 1 is 0.927 bits per heavy atom. The average molecular weight is 655 g/mol. The zero-order valence-corrected chi connectivity index (χ0v) is 25.1. The largest absolute Gasteiger partial charge is 0.416 e. The number of anilines is 1. The number of hydrogen-bond donors (Lipinski definition) is 1. The molecule has 3 aromatic carbocycles. The normalized spacial score (nSPS) is 12.6. The summed E-state index contributed by atoms with van der Waals surface area (Å²) in [5.41, 5.74) is 0.0547. The average Bonchev–Trinajstić information content (AvgIpc) is 2.88. The van der Waals surface area contributed by atoms with Crippen molar-refractivity contribution >= 4 is 43.5 Å². The van der Waals surface area contributed by atoms with E-state index in [4.69, 9.17) is 0 Å². The number of rotatable bonds is 11. The van der Waals surface area contributed by atoms with Crippen molar-refractivity contribution in [3.63, 3.8) is 0 Å². The van der Waals surface area contributed by atoms with Crippen molar-refractivity contribution in [1.82, 2.24) is 10.2 Å². The molecule has 0 unspecified atom stereocenters. The molecule has 0 heterocycles. The second kappa shape index (κ2) is 13.5. The molecule has 0 spiro atoms. The van der Waals surface area contributed by atoms with Crippen molar-refractivity contribution in [3.05, 3.63) is 100 Å². The van der Waals surface area contributed by atoms with E-state index in [-0.39, 0.29) is 24.7 Å². The minimum absolute atomic E-state index is 0.0541. The first kappa shape index (κ1) is 32.1. The highest BCUT2D eigenvalue weighted by molar-refractivity contribution is 9.10. The van der Waals surface area contributed by atoms with E-state index in [0.717, 1.165) is 28.4 Å². The molecule has 41 heavy (non-hydrogen) atoms. The van der Waals surface area contributed by atoms with E-state index < -0.39 is 46.2 Å². The Hall–Kier alpha value is -3.38. The molecule has 0 saturated carbocycles. The highest BCUT2D eigenvalue weighted by atomic mass is 79.9. The number of amides is 2. The van der Waals surface area contributed by atoms with Crippen molar-refractivity contribution < 1.29 is 31.2 Å².